The van der Waals surface area contributed by atoms with Crippen molar-refractivity contribution < 1.29 is 32.6 Å². The number of rotatable bonds is 5. The van der Waals surface area contributed by atoms with Gasteiger partial charge in [0, 0.05) is 37.1 Å². The standard InChI is InChI=1S/C35H35F3N4O4/c36-35(37,38)29-26(30(43)41-34(31(44)45)24-13-20-12-21(15-24)16-25(34)14-20)18-39-32(40-29)42-19-33(8-10-46-11-9-33)27-17-23(6-7-28(27)42)22-4-2-1-3-5-22/h1-7,17-18,20-21,24-25H,8-16,19H2,(H,41,43)(H,44,45). The molecule has 4 bridgehead atoms. The van der Waals surface area contributed by atoms with Crippen LogP contribution in [0.15, 0.2) is 54.7 Å². The molecule has 0 atom stereocenters. The summed E-state index contributed by atoms with van der Waals surface area (Å²) in [5, 5.41) is 13.1. The number of fused-ring (bicyclic) bond motifs is 2. The summed E-state index contributed by atoms with van der Waals surface area (Å²) in [7, 11) is 0. The molecule has 3 heterocycles. The molecule has 240 valence electrons. The predicted molar refractivity (Wildman–Crippen MR) is 163 cm³/mol. The molecule has 2 aromatic carbocycles. The molecule has 4 saturated carbocycles. The summed E-state index contributed by atoms with van der Waals surface area (Å²) in [5.41, 5.74) is -0.287. The van der Waals surface area contributed by atoms with Crippen molar-refractivity contribution in [2.24, 2.45) is 23.7 Å². The number of ether oxygens (including phenoxy) is 1. The molecule has 1 amide bonds. The van der Waals surface area contributed by atoms with E-state index in [2.05, 4.69) is 21.4 Å². The van der Waals surface area contributed by atoms with Crippen molar-refractivity contribution in [2.45, 2.75) is 62.1 Å². The van der Waals surface area contributed by atoms with Gasteiger partial charge in [-0.25, -0.2) is 14.8 Å². The van der Waals surface area contributed by atoms with Crippen LogP contribution in [-0.4, -0.2) is 52.2 Å². The highest BCUT2D eigenvalue weighted by Crippen LogP contribution is 2.58. The highest BCUT2D eigenvalue weighted by molar-refractivity contribution is 5.99. The second-order valence-corrected chi connectivity index (χ2v) is 13.9. The number of carbonyl (C=O) groups excluding carboxylic acids is 1. The topological polar surface area (TPSA) is 105 Å². The largest absolute Gasteiger partial charge is 0.479 e. The predicted octanol–water partition coefficient (Wildman–Crippen LogP) is 6.37. The molecule has 2 N–H and O–H groups in total. The number of halogens is 3. The zero-order valence-electron chi connectivity index (χ0n) is 25.2. The molecule has 0 unspecified atom stereocenters. The summed E-state index contributed by atoms with van der Waals surface area (Å²) < 4.78 is 49.6. The maximum Gasteiger partial charge on any atom is 0.434 e. The van der Waals surface area contributed by atoms with E-state index in [0.717, 1.165) is 35.0 Å². The van der Waals surface area contributed by atoms with Crippen molar-refractivity contribution >= 4 is 23.5 Å². The molecule has 6 aliphatic rings. The van der Waals surface area contributed by atoms with E-state index in [1.54, 1.807) is 4.90 Å². The molecular formula is C35H35F3N4O4. The van der Waals surface area contributed by atoms with Crippen LogP contribution in [-0.2, 0) is 21.1 Å². The van der Waals surface area contributed by atoms with Gasteiger partial charge in [0.1, 0.15) is 5.54 Å². The fourth-order valence-corrected chi connectivity index (χ4v) is 9.52. The minimum Gasteiger partial charge on any atom is -0.479 e. The Balaban J connectivity index is 1.16. The number of carboxylic acids is 1. The van der Waals surface area contributed by atoms with Crippen LogP contribution in [0.4, 0.5) is 24.8 Å². The number of hydrogen-bond donors (Lipinski definition) is 2. The first kappa shape index (κ1) is 29.4. The van der Waals surface area contributed by atoms with Gasteiger partial charge in [-0.2, -0.15) is 13.2 Å². The van der Waals surface area contributed by atoms with E-state index >= 15 is 0 Å². The third-order valence-electron chi connectivity index (χ3n) is 11.5. The Hall–Kier alpha value is -3.99. The zero-order valence-corrected chi connectivity index (χ0v) is 25.2. The van der Waals surface area contributed by atoms with Crippen LogP contribution >= 0.6 is 0 Å². The fraction of sp³-hybridized carbons (Fsp3) is 0.486. The Morgan fingerprint density at radius 2 is 1.61 bits per heavy atom. The lowest BCUT2D eigenvalue weighted by Gasteiger charge is -2.59. The number of carbonyl (C=O) groups is 2. The number of amides is 1. The Labute approximate surface area is 264 Å². The number of nitrogens with zero attached hydrogens (tertiary/aromatic N) is 3. The van der Waals surface area contributed by atoms with E-state index in [0.29, 0.717) is 70.1 Å². The van der Waals surface area contributed by atoms with Crippen molar-refractivity contribution in [1.82, 2.24) is 15.3 Å². The third-order valence-corrected chi connectivity index (χ3v) is 11.5. The van der Waals surface area contributed by atoms with Gasteiger partial charge in [0.2, 0.25) is 5.95 Å². The van der Waals surface area contributed by atoms with Crippen LogP contribution < -0.4 is 10.2 Å². The first-order valence-electron chi connectivity index (χ1n) is 16.1. The smallest absolute Gasteiger partial charge is 0.434 e. The average Bonchev–Trinajstić information content (AvgIpc) is 3.35. The van der Waals surface area contributed by atoms with E-state index in [9.17, 15) is 27.9 Å². The normalized spacial score (nSPS) is 29.2. The second kappa shape index (κ2) is 10.5. The van der Waals surface area contributed by atoms with E-state index < -0.39 is 34.8 Å². The molecule has 4 aliphatic carbocycles. The minimum absolute atomic E-state index is 0.150. The van der Waals surface area contributed by atoms with Gasteiger partial charge in [0.15, 0.2) is 5.69 Å². The monoisotopic (exact) mass is 632 g/mol. The molecule has 11 heteroatoms. The molecule has 2 aliphatic heterocycles. The molecule has 1 spiro atoms. The Bertz CT molecular complexity index is 1680. The van der Waals surface area contributed by atoms with E-state index in [1.165, 1.54) is 0 Å². The summed E-state index contributed by atoms with van der Waals surface area (Å²) >= 11 is 0. The second-order valence-electron chi connectivity index (χ2n) is 13.9. The Morgan fingerprint density at radius 3 is 2.24 bits per heavy atom. The van der Waals surface area contributed by atoms with Crippen molar-refractivity contribution in [3.63, 3.8) is 0 Å². The number of hydrogen-bond acceptors (Lipinski definition) is 6. The highest BCUT2D eigenvalue weighted by atomic mass is 19.4. The van der Waals surface area contributed by atoms with Crippen LogP contribution in [0, 0.1) is 23.7 Å². The molecule has 0 radical (unpaired) electrons. The van der Waals surface area contributed by atoms with Gasteiger partial charge in [0.05, 0.1) is 5.56 Å². The van der Waals surface area contributed by atoms with Gasteiger partial charge in [0.25, 0.3) is 5.91 Å². The molecule has 1 aromatic heterocycles. The SMILES string of the molecule is O=C(NC1(C(=O)O)C2CC3CC(C2)CC1C3)c1cnc(N2CC3(CCOCC3)c3cc(-c4ccccc4)ccc32)nc1C(F)(F)F. The fourth-order valence-electron chi connectivity index (χ4n) is 9.52. The lowest BCUT2D eigenvalue weighted by molar-refractivity contribution is -0.163. The maximum atomic E-state index is 14.7. The quantitative estimate of drug-likeness (QED) is 0.337. The lowest BCUT2D eigenvalue weighted by atomic mass is 9.48. The van der Waals surface area contributed by atoms with Gasteiger partial charge in [-0.3, -0.25) is 4.79 Å². The molecule has 46 heavy (non-hydrogen) atoms. The van der Waals surface area contributed by atoms with Crippen LogP contribution in [0.5, 0.6) is 0 Å². The van der Waals surface area contributed by atoms with Crippen LogP contribution in [0.2, 0.25) is 0 Å². The summed E-state index contributed by atoms with van der Waals surface area (Å²) in [6, 6.07) is 15.9. The maximum absolute atomic E-state index is 14.7. The number of anilines is 2. The Kier molecular flexibility index (Phi) is 6.72. The van der Waals surface area contributed by atoms with Crippen molar-refractivity contribution in [2.75, 3.05) is 24.7 Å². The average molecular weight is 633 g/mol. The number of nitrogens with one attached hydrogen (secondary N) is 1. The number of carboxylic acid groups (broad SMARTS) is 1. The molecule has 8 nitrogen and oxygen atoms in total. The number of aliphatic carboxylic acids is 1. The Morgan fingerprint density at radius 1 is 0.935 bits per heavy atom. The van der Waals surface area contributed by atoms with Crippen LogP contribution in [0.3, 0.4) is 0 Å². The van der Waals surface area contributed by atoms with Crippen LogP contribution in [0.25, 0.3) is 11.1 Å². The van der Waals surface area contributed by atoms with E-state index in [1.807, 2.05) is 42.5 Å². The first-order valence-corrected chi connectivity index (χ1v) is 16.1. The van der Waals surface area contributed by atoms with Crippen LogP contribution in [0.1, 0.15) is 66.6 Å². The molecule has 3 aromatic rings. The third kappa shape index (κ3) is 4.52. The van der Waals surface area contributed by atoms with Gasteiger partial charge in [-0.15, -0.1) is 0 Å². The van der Waals surface area contributed by atoms with Crippen molar-refractivity contribution in [3.05, 3.63) is 71.5 Å². The molecule has 5 fully saturated rings. The van der Waals surface area contributed by atoms with Crippen molar-refractivity contribution in [1.29, 1.82) is 0 Å². The highest BCUT2D eigenvalue weighted by Gasteiger charge is 2.62. The first-order chi connectivity index (χ1) is 22.1. The molecular weight excluding hydrogens is 597 g/mol. The van der Waals surface area contributed by atoms with Gasteiger partial charge in [-0.1, -0.05) is 36.4 Å². The van der Waals surface area contributed by atoms with Crippen molar-refractivity contribution in [3.8, 4) is 11.1 Å². The summed E-state index contributed by atoms with van der Waals surface area (Å²) in [5.74, 6) is -2.22. The van der Waals surface area contributed by atoms with Gasteiger partial charge >= 0.3 is 12.1 Å². The number of aromatic nitrogens is 2. The summed E-state index contributed by atoms with van der Waals surface area (Å²) in [4.78, 5) is 36.5. The minimum atomic E-state index is -4.97. The zero-order chi connectivity index (χ0) is 31.8. The number of benzene rings is 2. The summed E-state index contributed by atoms with van der Waals surface area (Å²) in [6.07, 6.45) is 1.04. The molecule has 1 saturated heterocycles. The summed E-state index contributed by atoms with van der Waals surface area (Å²) in [6.45, 7) is 1.44. The van der Waals surface area contributed by atoms with E-state index in [4.69, 9.17) is 4.74 Å². The lowest BCUT2D eigenvalue weighted by Crippen LogP contribution is -2.70. The van der Waals surface area contributed by atoms with Gasteiger partial charge < -0.3 is 20.1 Å². The van der Waals surface area contributed by atoms with Gasteiger partial charge in [-0.05, 0) is 97.4 Å². The number of alkyl halides is 3. The molecule has 9 rings (SSSR count). The van der Waals surface area contributed by atoms with E-state index in [-0.39, 0.29) is 23.2 Å².